The highest BCUT2D eigenvalue weighted by Gasteiger charge is 2.16. The molecule has 0 N–H and O–H groups in total. The minimum atomic E-state index is -0.108. The smallest absolute Gasteiger partial charge is 0.176 e. The molecule has 0 aromatic heterocycles. The fraction of sp³-hybridized carbons (Fsp3) is 0.235. The Labute approximate surface area is 150 Å². The molecule has 2 unspecified atom stereocenters. The summed E-state index contributed by atoms with van der Waals surface area (Å²) in [5.41, 5.74) is 3.00. The molecule has 1 radical (unpaired) electrons. The number of ketones is 1. The Hall–Kier alpha value is -0.450. The second-order valence-electron chi connectivity index (χ2n) is 4.69. The lowest BCUT2D eigenvalue weighted by Crippen LogP contribution is -2.12. The van der Waals surface area contributed by atoms with E-state index in [1.165, 1.54) is 0 Å². The number of carbonyl (C=O) groups excluding carboxylic acids is 1. The van der Waals surface area contributed by atoms with Gasteiger partial charge in [0, 0.05) is 10.0 Å². The van der Waals surface area contributed by atoms with Crippen LogP contribution in [0.3, 0.4) is 0 Å². The van der Waals surface area contributed by atoms with Gasteiger partial charge in [-0.1, -0.05) is 91.1 Å². The molecule has 0 heterocycles. The predicted molar refractivity (Wildman–Crippen MR) is 97.5 cm³/mol. The van der Waals surface area contributed by atoms with Gasteiger partial charge in [0.1, 0.15) is 0 Å². The summed E-state index contributed by atoms with van der Waals surface area (Å²) >= 11 is 10.5. The molecule has 0 saturated heterocycles. The van der Waals surface area contributed by atoms with Crippen molar-refractivity contribution >= 4 is 53.6 Å². The average molecular weight is 474 g/mol. The normalized spacial score (nSPS) is 13.7. The van der Waals surface area contributed by atoms with E-state index in [4.69, 9.17) is 0 Å². The number of alkyl halides is 2. The third-order valence-corrected chi connectivity index (χ3v) is 5.79. The molecule has 109 valence electrons. The van der Waals surface area contributed by atoms with E-state index >= 15 is 0 Å². The van der Waals surface area contributed by atoms with E-state index in [1.807, 2.05) is 49.4 Å². The summed E-state index contributed by atoms with van der Waals surface area (Å²) in [5, 5.41) is 0. The van der Waals surface area contributed by atoms with Gasteiger partial charge in [-0.2, -0.15) is 0 Å². The van der Waals surface area contributed by atoms with Crippen LogP contribution < -0.4 is 0 Å². The molecule has 2 aromatic rings. The lowest BCUT2D eigenvalue weighted by Gasteiger charge is -2.12. The minimum Gasteiger partial charge on any atom is -0.293 e. The van der Waals surface area contributed by atoms with E-state index in [0.717, 1.165) is 27.6 Å². The first kappa shape index (κ1) is 16.9. The molecule has 0 spiro atoms. The SMILES string of the molecule is CCC(Br)C(=O)c1ccc(C(Br)c2cc[c]c(Br)c2)cc1. The molecule has 0 bridgehead atoms. The van der Waals surface area contributed by atoms with Crippen molar-refractivity contribution in [2.24, 2.45) is 0 Å². The van der Waals surface area contributed by atoms with Crippen molar-refractivity contribution in [3.63, 3.8) is 0 Å². The summed E-state index contributed by atoms with van der Waals surface area (Å²) in [5.74, 6) is 0.132. The lowest BCUT2D eigenvalue weighted by molar-refractivity contribution is 0.0990. The summed E-state index contributed by atoms with van der Waals surface area (Å²) < 4.78 is 0.932. The molecule has 0 saturated carbocycles. The second-order valence-corrected chi connectivity index (χ2v) is 7.57. The molecule has 2 aromatic carbocycles. The summed E-state index contributed by atoms with van der Waals surface area (Å²) in [6.45, 7) is 1.99. The zero-order chi connectivity index (χ0) is 15.4. The maximum Gasteiger partial charge on any atom is 0.176 e. The van der Waals surface area contributed by atoms with Gasteiger partial charge in [-0.25, -0.2) is 0 Å². The molecule has 2 rings (SSSR count). The minimum absolute atomic E-state index is 0.0958. The number of hydrogen-bond donors (Lipinski definition) is 0. The van der Waals surface area contributed by atoms with Crippen LogP contribution in [0.4, 0.5) is 0 Å². The quantitative estimate of drug-likeness (QED) is 0.379. The van der Waals surface area contributed by atoms with Crippen molar-refractivity contribution in [3.05, 3.63) is 69.7 Å². The van der Waals surface area contributed by atoms with Gasteiger partial charge in [0.15, 0.2) is 5.78 Å². The number of rotatable bonds is 5. The van der Waals surface area contributed by atoms with E-state index in [-0.39, 0.29) is 15.4 Å². The highest BCUT2D eigenvalue weighted by Crippen LogP contribution is 2.32. The summed E-state index contributed by atoms with van der Waals surface area (Å²) in [4.78, 5) is 12.1. The van der Waals surface area contributed by atoms with Crippen molar-refractivity contribution in [1.29, 1.82) is 0 Å². The maximum absolute atomic E-state index is 12.1. The fourth-order valence-corrected chi connectivity index (χ4v) is 3.24. The van der Waals surface area contributed by atoms with Crippen molar-refractivity contribution in [2.75, 3.05) is 0 Å². The van der Waals surface area contributed by atoms with Gasteiger partial charge in [0.05, 0.1) is 9.65 Å². The van der Waals surface area contributed by atoms with Crippen LogP contribution >= 0.6 is 47.8 Å². The number of Topliss-reactive ketones (excluding diaryl/α,β-unsaturated/α-hetero) is 1. The Morgan fingerprint density at radius 3 is 2.38 bits per heavy atom. The van der Waals surface area contributed by atoms with Crippen LogP contribution in [0, 0.1) is 6.07 Å². The summed E-state index contributed by atoms with van der Waals surface area (Å²) in [6, 6.07) is 16.8. The zero-order valence-electron chi connectivity index (χ0n) is 11.4. The molecule has 0 aliphatic carbocycles. The van der Waals surface area contributed by atoms with E-state index in [1.54, 1.807) is 0 Å². The molecule has 21 heavy (non-hydrogen) atoms. The van der Waals surface area contributed by atoms with Crippen LogP contribution in [0.25, 0.3) is 0 Å². The van der Waals surface area contributed by atoms with Crippen LogP contribution in [-0.4, -0.2) is 10.6 Å². The second kappa shape index (κ2) is 7.70. The topological polar surface area (TPSA) is 17.1 Å². The first-order chi connectivity index (χ1) is 10.0. The first-order valence-corrected chi connectivity index (χ1v) is 9.24. The molecule has 0 aliphatic rings. The van der Waals surface area contributed by atoms with E-state index in [0.29, 0.717) is 0 Å². The van der Waals surface area contributed by atoms with Crippen LogP contribution in [0.15, 0.2) is 46.9 Å². The monoisotopic (exact) mass is 471 g/mol. The first-order valence-electron chi connectivity index (χ1n) is 6.62. The number of hydrogen-bond acceptors (Lipinski definition) is 1. The molecule has 1 nitrogen and oxygen atoms in total. The summed E-state index contributed by atoms with van der Waals surface area (Å²) in [6.07, 6.45) is 0.788. The van der Waals surface area contributed by atoms with Crippen molar-refractivity contribution < 1.29 is 4.79 Å². The number of benzene rings is 2. The lowest BCUT2D eigenvalue weighted by atomic mass is 10.0. The molecule has 0 fully saturated rings. The van der Waals surface area contributed by atoms with E-state index in [9.17, 15) is 4.79 Å². The highest BCUT2D eigenvalue weighted by molar-refractivity contribution is 9.10. The zero-order valence-corrected chi connectivity index (χ0v) is 16.2. The largest absolute Gasteiger partial charge is 0.293 e. The Kier molecular flexibility index (Phi) is 6.20. The molecular weight excluding hydrogens is 460 g/mol. The molecular formula is C17H14Br3O. The van der Waals surface area contributed by atoms with Crippen molar-refractivity contribution in [2.45, 2.75) is 23.0 Å². The van der Waals surface area contributed by atoms with Crippen molar-refractivity contribution in [1.82, 2.24) is 0 Å². The number of carbonyl (C=O) groups is 1. The van der Waals surface area contributed by atoms with Crippen LogP contribution in [-0.2, 0) is 0 Å². The Morgan fingerprint density at radius 1 is 1.14 bits per heavy atom. The van der Waals surface area contributed by atoms with Crippen LogP contribution in [0.2, 0.25) is 0 Å². The van der Waals surface area contributed by atoms with Gasteiger partial charge in [0.25, 0.3) is 0 Å². The van der Waals surface area contributed by atoms with Gasteiger partial charge in [0.2, 0.25) is 0 Å². The number of halogens is 3. The van der Waals surface area contributed by atoms with Gasteiger partial charge >= 0.3 is 0 Å². The Bertz CT molecular complexity index is 622. The third kappa shape index (κ3) is 4.27. The Morgan fingerprint density at radius 2 is 1.81 bits per heavy atom. The third-order valence-electron chi connectivity index (χ3n) is 3.21. The van der Waals surface area contributed by atoms with Gasteiger partial charge in [-0.3, -0.25) is 4.79 Å². The van der Waals surface area contributed by atoms with Gasteiger partial charge < -0.3 is 0 Å². The average Bonchev–Trinajstić information content (AvgIpc) is 2.53. The fourth-order valence-electron chi connectivity index (χ4n) is 1.99. The molecule has 0 aliphatic heterocycles. The highest BCUT2D eigenvalue weighted by atomic mass is 79.9. The standard InChI is InChI=1S/C17H14Br3O/c1-2-15(19)17(21)12-8-6-11(7-9-12)16(20)13-4-3-5-14(18)10-13/h3-4,6-10,15-16H,2H2,1H3. The maximum atomic E-state index is 12.1. The molecule has 4 heteroatoms. The van der Waals surface area contributed by atoms with Crippen molar-refractivity contribution in [3.8, 4) is 0 Å². The molecule has 2 atom stereocenters. The van der Waals surface area contributed by atoms with Crippen LogP contribution in [0.1, 0.15) is 39.7 Å². The van der Waals surface area contributed by atoms with Gasteiger partial charge in [-0.15, -0.1) is 0 Å². The van der Waals surface area contributed by atoms with Gasteiger partial charge in [-0.05, 0) is 29.7 Å². The van der Waals surface area contributed by atoms with Crippen LogP contribution in [0.5, 0.6) is 0 Å². The molecule has 0 amide bonds. The van der Waals surface area contributed by atoms with E-state index < -0.39 is 0 Å². The summed E-state index contributed by atoms with van der Waals surface area (Å²) in [7, 11) is 0. The Balaban J connectivity index is 2.21. The van der Waals surface area contributed by atoms with E-state index in [2.05, 4.69) is 53.9 Å². The predicted octanol–water partition coefficient (Wildman–Crippen LogP) is 6.09.